The summed E-state index contributed by atoms with van der Waals surface area (Å²) in [6, 6.07) is 4.81. The van der Waals surface area contributed by atoms with Crippen LogP contribution in [0.5, 0.6) is 0 Å². The second-order valence-corrected chi connectivity index (χ2v) is 8.83. The van der Waals surface area contributed by atoms with E-state index >= 15 is 0 Å². The Kier molecular flexibility index (Phi) is 6.59. The van der Waals surface area contributed by atoms with Crippen LogP contribution >= 0.6 is 34.7 Å². The Labute approximate surface area is 182 Å². The maximum Gasteiger partial charge on any atom is 0.418 e. The molecule has 30 heavy (non-hydrogen) atoms. The summed E-state index contributed by atoms with van der Waals surface area (Å²) < 4.78 is 41.6. The zero-order valence-corrected chi connectivity index (χ0v) is 17.9. The molecule has 11 heteroatoms. The number of carbonyl (C=O) groups is 1. The first-order valence-corrected chi connectivity index (χ1v) is 10.7. The lowest BCUT2D eigenvalue weighted by atomic mass is 10.1. The van der Waals surface area contributed by atoms with Crippen molar-refractivity contribution in [2.75, 3.05) is 5.32 Å². The number of halogens is 4. The number of alkyl halides is 3. The number of nitrogens with one attached hydrogen (secondary N) is 1. The fourth-order valence-corrected chi connectivity index (χ4v) is 4.48. The lowest BCUT2D eigenvalue weighted by molar-refractivity contribution is -0.137. The normalized spacial score (nSPS) is 12.7. The highest BCUT2D eigenvalue weighted by Gasteiger charge is 2.34. The van der Waals surface area contributed by atoms with Gasteiger partial charge >= 0.3 is 6.18 Å². The molecular weight excluding hydrogens is 459 g/mol. The van der Waals surface area contributed by atoms with Gasteiger partial charge in [0.1, 0.15) is 4.70 Å². The van der Waals surface area contributed by atoms with Crippen molar-refractivity contribution in [2.24, 2.45) is 0 Å². The van der Waals surface area contributed by atoms with Crippen molar-refractivity contribution in [3.8, 4) is 0 Å². The van der Waals surface area contributed by atoms with Crippen molar-refractivity contribution in [1.82, 2.24) is 9.55 Å². The van der Waals surface area contributed by atoms with E-state index < -0.39 is 28.6 Å². The number of nitrogens with zero attached hydrogens (tertiary/aromatic N) is 2. The minimum Gasteiger partial charge on any atom is -0.325 e. The summed E-state index contributed by atoms with van der Waals surface area (Å²) in [5.74, 6) is -0.669. The fraction of sp³-hybridized carbons (Fsp3) is 0.211. The number of anilines is 1. The second kappa shape index (κ2) is 8.83. The third kappa shape index (κ3) is 4.71. The topological polar surface area (TPSA) is 64.0 Å². The molecule has 0 saturated heterocycles. The molecule has 2 heterocycles. The van der Waals surface area contributed by atoms with Gasteiger partial charge in [0.15, 0.2) is 5.16 Å². The van der Waals surface area contributed by atoms with Crippen LogP contribution in [0, 0.1) is 0 Å². The quantitative estimate of drug-likeness (QED) is 0.294. The number of aromatic nitrogens is 2. The molecule has 0 saturated carbocycles. The Balaban J connectivity index is 1.88. The van der Waals surface area contributed by atoms with Gasteiger partial charge < -0.3 is 5.32 Å². The van der Waals surface area contributed by atoms with E-state index in [0.717, 1.165) is 23.9 Å². The van der Waals surface area contributed by atoms with E-state index in [-0.39, 0.29) is 22.3 Å². The maximum atomic E-state index is 13.3. The van der Waals surface area contributed by atoms with Crippen LogP contribution in [-0.2, 0) is 17.5 Å². The van der Waals surface area contributed by atoms with E-state index in [1.54, 1.807) is 11.4 Å². The number of carbonyl (C=O) groups excluding carboxylic acids is 1. The zero-order valence-electron chi connectivity index (χ0n) is 15.5. The largest absolute Gasteiger partial charge is 0.418 e. The second-order valence-electron chi connectivity index (χ2n) is 6.17. The molecule has 0 aliphatic rings. The number of hydrogen-bond acceptors (Lipinski definition) is 5. The van der Waals surface area contributed by atoms with Crippen LogP contribution < -0.4 is 10.9 Å². The molecule has 3 aromatic rings. The van der Waals surface area contributed by atoms with Gasteiger partial charge in [-0.25, -0.2) is 4.98 Å². The van der Waals surface area contributed by atoms with Gasteiger partial charge in [-0.15, -0.1) is 17.9 Å². The molecule has 0 aliphatic heterocycles. The average molecular weight is 474 g/mol. The molecule has 5 nitrogen and oxygen atoms in total. The standard InChI is InChI=1S/C19H15ClF3N3O2S2/c1-3-7-26-17(28)15-14(6-8-29-15)25-18(26)30-10(2)16(27)24-13-5-4-11(20)9-12(13)19(21,22)23/h3-6,8-10H,1,7H2,2H3,(H,24,27). The molecule has 0 radical (unpaired) electrons. The molecular formula is C19H15ClF3N3O2S2. The summed E-state index contributed by atoms with van der Waals surface area (Å²) in [7, 11) is 0. The van der Waals surface area contributed by atoms with Crippen molar-refractivity contribution in [3.63, 3.8) is 0 Å². The molecule has 1 unspecified atom stereocenters. The van der Waals surface area contributed by atoms with Crippen LogP contribution in [0.15, 0.2) is 52.3 Å². The summed E-state index contributed by atoms with van der Waals surface area (Å²) in [6.45, 7) is 5.33. The first-order valence-electron chi connectivity index (χ1n) is 8.55. The lowest BCUT2D eigenvalue weighted by Gasteiger charge is -2.17. The summed E-state index contributed by atoms with van der Waals surface area (Å²) in [5.41, 5.74) is -1.20. The third-order valence-corrected chi connectivity index (χ3v) is 6.26. The Morgan fingerprint density at radius 1 is 1.43 bits per heavy atom. The van der Waals surface area contributed by atoms with Crippen molar-refractivity contribution in [3.05, 3.63) is 63.2 Å². The highest BCUT2D eigenvalue weighted by Crippen LogP contribution is 2.37. The van der Waals surface area contributed by atoms with E-state index in [1.807, 2.05) is 0 Å². The van der Waals surface area contributed by atoms with E-state index in [2.05, 4.69) is 16.9 Å². The molecule has 1 amide bonds. The predicted molar refractivity (Wildman–Crippen MR) is 114 cm³/mol. The Bertz CT molecular complexity index is 1170. The molecule has 0 spiro atoms. The minimum absolute atomic E-state index is 0.0931. The number of thioether (sulfide) groups is 1. The predicted octanol–water partition coefficient (Wildman–Crippen LogP) is 5.44. The zero-order chi connectivity index (χ0) is 22.1. The van der Waals surface area contributed by atoms with E-state index in [1.165, 1.54) is 35.0 Å². The van der Waals surface area contributed by atoms with Crippen LogP contribution in [0.1, 0.15) is 12.5 Å². The molecule has 0 aliphatic carbocycles. The van der Waals surface area contributed by atoms with Crippen molar-refractivity contribution in [1.29, 1.82) is 0 Å². The lowest BCUT2D eigenvalue weighted by Crippen LogP contribution is -2.27. The van der Waals surface area contributed by atoms with Gasteiger partial charge in [0.25, 0.3) is 5.56 Å². The van der Waals surface area contributed by atoms with Crippen LogP contribution in [-0.4, -0.2) is 20.7 Å². The first kappa shape index (κ1) is 22.4. The molecule has 1 N–H and O–H groups in total. The molecule has 1 atom stereocenters. The number of rotatable bonds is 6. The Morgan fingerprint density at radius 3 is 2.83 bits per heavy atom. The first-order chi connectivity index (χ1) is 14.1. The van der Waals surface area contributed by atoms with Gasteiger partial charge in [-0.05, 0) is 36.6 Å². The SMILES string of the molecule is C=CCn1c(SC(C)C(=O)Nc2ccc(Cl)cc2C(F)(F)F)nc2ccsc2c1=O. The minimum atomic E-state index is -4.68. The molecule has 0 bridgehead atoms. The molecule has 158 valence electrons. The molecule has 3 rings (SSSR count). The van der Waals surface area contributed by atoms with Crippen LogP contribution in [0.4, 0.5) is 18.9 Å². The van der Waals surface area contributed by atoms with Crippen molar-refractivity contribution < 1.29 is 18.0 Å². The summed E-state index contributed by atoms with van der Waals surface area (Å²) in [6.07, 6.45) is -3.15. The van der Waals surface area contributed by atoms with Crippen LogP contribution in [0.2, 0.25) is 5.02 Å². The summed E-state index contributed by atoms with van der Waals surface area (Å²) in [5, 5.41) is 3.38. The highest BCUT2D eigenvalue weighted by atomic mass is 35.5. The van der Waals surface area contributed by atoms with Crippen LogP contribution in [0.3, 0.4) is 0 Å². The summed E-state index contributed by atoms with van der Waals surface area (Å²) in [4.78, 5) is 29.7. The van der Waals surface area contributed by atoms with Gasteiger partial charge in [-0.1, -0.05) is 29.4 Å². The monoisotopic (exact) mass is 473 g/mol. The van der Waals surface area contributed by atoms with Gasteiger partial charge in [-0.2, -0.15) is 13.2 Å². The van der Waals surface area contributed by atoms with E-state index in [9.17, 15) is 22.8 Å². The van der Waals surface area contributed by atoms with Crippen LogP contribution in [0.25, 0.3) is 10.2 Å². The Hall–Kier alpha value is -2.30. The fourth-order valence-electron chi connectivity index (χ4n) is 2.61. The van der Waals surface area contributed by atoms with Gasteiger partial charge in [-0.3, -0.25) is 14.2 Å². The van der Waals surface area contributed by atoms with E-state index in [0.29, 0.717) is 10.2 Å². The Morgan fingerprint density at radius 2 is 2.17 bits per heavy atom. The van der Waals surface area contributed by atoms with Crippen molar-refractivity contribution in [2.45, 2.75) is 30.1 Å². The van der Waals surface area contributed by atoms with Gasteiger partial charge in [0.05, 0.1) is 22.0 Å². The number of thiophene rings is 1. The number of allylic oxidation sites excluding steroid dienone is 1. The number of amides is 1. The molecule has 2 aromatic heterocycles. The maximum absolute atomic E-state index is 13.3. The summed E-state index contributed by atoms with van der Waals surface area (Å²) >= 11 is 7.90. The third-order valence-electron chi connectivity index (χ3n) is 4.04. The van der Waals surface area contributed by atoms with E-state index in [4.69, 9.17) is 11.6 Å². The van der Waals surface area contributed by atoms with Gasteiger partial charge in [0.2, 0.25) is 5.91 Å². The molecule has 0 fully saturated rings. The smallest absolute Gasteiger partial charge is 0.325 e. The highest BCUT2D eigenvalue weighted by molar-refractivity contribution is 8.00. The number of hydrogen-bond donors (Lipinski definition) is 1. The molecule has 1 aromatic carbocycles. The average Bonchev–Trinajstić information content (AvgIpc) is 3.14. The van der Waals surface area contributed by atoms with Crippen molar-refractivity contribution >= 4 is 56.5 Å². The number of fused-ring (bicyclic) bond motifs is 1. The van der Waals surface area contributed by atoms with Gasteiger partial charge in [0, 0.05) is 11.6 Å². The number of benzene rings is 1.